The molecule has 1 atom stereocenters. The van der Waals surface area contributed by atoms with Crippen molar-refractivity contribution in [3.05, 3.63) is 40.1 Å². The Bertz CT molecular complexity index is 370. The quantitative estimate of drug-likeness (QED) is 0.845. The van der Waals surface area contributed by atoms with E-state index in [1.807, 2.05) is 12.3 Å². The zero-order valence-corrected chi connectivity index (χ0v) is 10.9. The van der Waals surface area contributed by atoms with E-state index in [1.54, 1.807) is 0 Å². The first-order valence-electron chi connectivity index (χ1n) is 5.79. The van der Waals surface area contributed by atoms with E-state index in [0.717, 1.165) is 23.0 Å². The smallest absolute Gasteiger partial charge is 0.0444 e. The molecule has 0 saturated carbocycles. The molecule has 3 heteroatoms. The molecule has 0 radical (unpaired) electrons. The highest BCUT2D eigenvalue weighted by atomic mass is 79.9. The minimum Gasteiger partial charge on any atom is -0.324 e. The third-order valence-corrected chi connectivity index (χ3v) is 3.40. The lowest BCUT2D eigenvalue weighted by Gasteiger charge is -2.06. The molecule has 86 valence electrons. The summed E-state index contributed by atoms with van der Waals surface area (Å²) >= 11 is 3.40. The molecule has 0 amide bonds. The van der Waals surface area contributed by atoms with Crippen LogP contribution in [0.3, 0.4) is 0 Å². The van der Waals surface area contributed by atoms with Gasteiger partial charge in [-0.15, -0.1) is 0 Å². The predicted octanol–water partition coefficient (Wildman–Crippen LogP) is 3.21. The summed E-state index contributed by atoms with van der Waals surface area (Å²) in [6.45, 7) is 0. The Morgan fingerprint density at radius 1 is 1.38 bits per heavy atom. The third-order valence-electron chi connectivity index (χ3n) is 2.93. The van der Waals surface area contributed by atoms with Crippen molar-refractivity contribution in [3.63, 3.8) is 0 Å². The van der Waals surface area contributed by atoms with Crippen molar-refractivity contribution < 1.29 is 0 Å². The van der Waals surface area contributed by atoms with Gasteiger partial charge in [-0.25, -0.2) is 0 Å². The Hall–Kier alpha value is -0.670. The number of allylic oxidation sites excluding steroid dienone is 1. The second-order valence-electron chi connectivity index (χ2n) is 4.38. The van der Waals surface area contributed by atoms with Crippen LogP contribution in [0.2, 0.25) is 0 Å². The zero-order chi connectivity index (χ0) is 11.4. The molecule has 1 unspecified atom stereocenters. The minimum atomic E-state index is 0.243. The second-order valence-corrected chi connectivity index (χ2v) is 5.29. The zero-order valence-electron chi connectivity index (χ0n) is 9.32. The maximum absolute atomic E-state index is 6.00. The van der Waals surface area contributed by atoms with E-state index in [0.29, 0.717) is 0 Å². The Kier molecular flexibility index (Phi) is 4.13. The van der Waals surface area contributed by atoms with Crippen LogP contribution in [0.15, 0.2) is 34.5 Å². The fraction of sp³-hybridized carbons (Fsp3) is 0.462. The molecular formula is C13H17BrN2. The summed E-state index contributed by atoms with van der Waals surface area (Å²) in [4.78, 5) is 4.40. The molecule has 1 aromatic heterocycles. The lowest BCUT2D eigenvalue weighted by Crippen LogP contribution is -2.16. The van der Waals surface area contributed by atoms with Gasteiger partial charge >= 0.3 is 0 Å². The number of nitrogens with zero attached hydrogens (tertiary/aromatic N) is 1. The normalized spacial score (nSPS) is 21.4. The molecule has 2 nitrogen and oxygen atoms in total. The molecular weight excluding hydrogens is 264 g/mol. The number of pyridine rings is 1. The Balaban J connectivity index is 2.05. The summed E-state index contributed by atoms with van der Waals surface area (Å²) in [5, 5.41) is 0. The molecule has 0 saturated heterocycles. The number of aromatic nitrogens is 1. The van der Waals surface area contributed by atoms with Gasteiger partial charge in [0.2, 0.25) is 0 Å². The Morgan fingerprint density at radius 2 is 2.25 bits per heavy atom. The van der Waals surface area contributed by atoms with E-state index in [-0.39, 0.29) is 6.04 Å². The van der Waals surface area contributed by atoms with E-state index in [1.165, 1.54) is 24.8 Å². The van der Waals surface area contributed by atoms with E-state index in [2.05, 4.69) is 33.1 Å². The molecule has 2 N–H and O–H groups in total. The molecule has 0 fully saturated rings. The maximum Gasteiger partial charge on any atom is 0.0444 e. The van der Waals surface area contributed by atoms with Crippen LogP contribution in [0.25, 0.3) is 0 Å². The predicted molar refractivity (Wildman–Crippen MR) is 70.2 cm³/mol. The van der Waals surface area contributed by atoms with Crippen molar-refractivity contribution in [3.8, 4) is 0 Å². The summed E-state index contributed by atoms with van der Waals surface area (Å²) < 4.78 is 1.03. The van der Waals surface area contributed by atoms with Crippen LogP contribution >= 0.6 is 15.9 Å². The van der Waals surface area contributed by atoms with Gasteiger partial charge in [0.15, 0.2) is 0 Å². The Labute approximate surface area is 105 Å². The molecule has 1 heterocycles. The number of hydrogen-bond donors (Lipinski definition) is 1. The van der Waals surface area contributed by atoms with Crippen LogP contribution < -0.4 is 5.73 Å². The second kappa shape index (κ2) is 5.60. The summed E-state index contributed by atoms with van der Waals surface area (Å²) in [7, 11) is 0. The van der Waals surface area contributed by atoms with E-state index in [9.17, 15) is 0 Å². The van der Waals surface area contributed by atoms with Crippen molar-refractivity contribution in [2.24, 2.45) is 5.73 Å². The lowest BCUT2D eigenvalue weighted by atomic mass is 10.0. The van der Waals surface area contributed by atoms with Gasteiger partial charge in [-0.2, -0.15) is 0 Å². The Morgan fingerprint density at radius 3 is 3.00 bits per heavy atom. The first kappa shape index (κ1) is 11.8. The molecule has 2 rings (SSSR count). The van der Waals surface area contributed by atoms with Crippen LogP contribution in [-0.4, -0.2) is 11.0 Å². The van der Waals surface area contributed by atoms with Gasteiger partial charge in [0.1, 0.15) is 0 Å². The standard InChI is InChI=1S/C13H17BrN2/c14-11-5-6-13(16-9-11)8-10-3-1-2-4-12(15)7-10/h5-7,9,12H,1-4,8,15H2. The van der Waals surface area contributed by atoms with E-state index in [4.69, 9.17) is 5.73 Å². The van der Waals surface area contributed by atoms with Crippen molar-refractivity contribution in [2.75, 3.05) is 0 Å². The van der Waals surface area contributed by atoms with Crippen LogP contribution in [-0.2, 0) is 6.42 Å². The SMILES string of the molecule is NC1C=C(Cc2ccc(Br)cn2)CCCC1. The fourth-order valence-corrected chi connectivity index (χ4v) is 2.33. The number of nitrogens with two attached hydrogens (primary N) is 1. The summed E-state index contributed by atoms with van der Waals surface area (Å²) in [6.07, 6.45) is 9.83. The summed E-state index contributed by atoms with van der Waals surface area (Å²) in [5.41, 5.74) is 8.57. The van der Waals surface area contributed by atoms with Crippen molar-refractivity contribution in [1.82, 2.24) is 4.98 Å². The molecule has 0 spiro atoms. The van der Waals surface area contributed by atoms with Gasteiger partial charge in [-0.05, 0) is 47.3 Å². The number of halogens is 1. The third kappa shape index (κ3) is 3.42. The summed E-state index contributed by atoms with van der Waals surface area (Å²) in [5.74, 6) is 0. The molecule has 16 heavy (non-hydrogen) atoms. The van der Waals surface area contributed by atoms with Gasteiger partial charge in [0.05, 0.1) is 0 Å². The van der Waals surface area contributed by atoms with Crippen LogP contribution in [0.1, 0.15) is 31.4 Å². The van der Waals surface area contributed by atoms with Crippen molar-refractivity contribution >= 4 is 15.9 Å². The van der Waals surface area contributed by atoms with E-state index >= 15 is 0 Å². The monoisotopic (exact) mass is 280 g/mol. The van der Waals surface area contributed by atoms with Gasteiger partial charge < -0.3 is 5.73 Å². The van der Waals surface area contributed by atoms with Crippen LogP contribution in [0.4, 0.5) is 0 Å². The first-order chi connectivity index (χ1) is 7.74. The molecule has 1 aliphatic rings. The largest absolute Gasteiger partial charge is 0.324 e. The highest BCUT2D eigenvalue weighted by Gasteiger charge is 2.09. The molecule has 0 aliphatic heterocycles. The summed E-state index contributed by atoms with van der Waals surface area (Å²) in [6, 6.07) is 4.36. The average molecular weight is 281 g/mol. The maximum atomic E-state index is 6.00. The van der Waals surface area contributed by atoms with Crippen LogP contribution in [0, 0.1) is 0 Å². The molecule has 0 bridgehead atoms. The molecule has 1 aliphatic carbocycles. The highest BCUT2D eigenvalue weighted by Crippen LogP contribution is 2.20. The highest BCUT2D eigenvalue weighted by molar-refractivity contribution is 9.10. The van der Waals surface area contributed by atoms with Crippen molar-refractivity contribution in [2.45, 2.75) is 38.1 Å². The topological polar surface area (TPSA) is 38.9 Å². The molecule has 0 aromatic carbocycles. The average Bonchev–Trinajstić information content (AvgIpc) is 2.46. The van der Waals surface area contributed by atoms with E-state index < -0.39 is 0 Å². The van der Waals surface area contributed by atoms with Gasteiger partial charge in [-0.3, -0.25) is 4.98 Å². The first-order valence-corrected chi connectivity index (χ1v) is 6.59. The number of rotatable bonds is 2. The fourth-order valence-electron chi connectivity index (χ4n) is 2.09. The van der Waals surface area contributed by atoms with Crippen molar-refractivity contribution in [1.29, 1.82) is 0 Å². The van der Waals surface area contributed by atoms with Gasteiger partial charge in [0, 0.05) is 28.8 Å². The van der Waals surface area contributed by atoms with Gasteiger partial charge in [-0.1, -0.05) is 18.1 Å². The molecule has 1 aromatic rings. The van der Waals surface area contributed by atoms with Gasteiger partial charge in [0.25, 0.3) is 0 Å². The lowest BCUT2D eigenvalue weighted by molar-refractivity contribution is 0.654. The minimum absolute atomic E-state index is 0.243. The number of hydrogen-bond acceptors (Lipinski definition) is 2. The van der Waals surface area contributed by atoms with Crippen LogP contribution in [0.5, 0.6) is 0 Å².